The molecule has 0 radical (unpaired) electrons. The van der Waals surface area contributed by atoms with Crippen LogP contribution in [0.25, 0.3) is 0 Å². The molecule has 26 heavy (non-hydrogen) atoms. The number of allylic oxidation sites excluding steroid dienone is 2. The Morgan fingerprint density at radius 2 is 2.08 bits per heavy atom. The van der Waals surface area contributed by atoms with Crippen molar-refractivity contribution in [2.24, 2.45) is 5.92 Å². The topological polar surface area (TPSA) is 64.4 Å². The van der Waals surface area contributed by atoms with Crippen molar-refractivity contribution in [2.45, 2.75) is 18.4 Å². The molecule has 0 fully saturated rings. The lowest BCUT2D eigenvalue weighted by atomic mass is 9.76. The van der Waals surface area contributed by atoms with Crippen LogP contribution in [0.5, 0.6) is 5.75 Å². The van der Waals surface area contributed by atoms with Crippen molar-refractivity contribution < 1.29 is 9.66 Å². The summed E-state index contributed by atoms with van der Waals surface area (Å²) in [5, 5.41) is 15.8. The molecule has 0 unspecified atom stereocenters. The molecule has 2 aromatic carbocycles. The van der Waals surface area contributed by atoms with E-state index in [1.165, 1.54) is 13.2 Å². The number of nitro benzene ring substituents is 1. The van der Waals surface area contributed by atoms with Crippen molar-refractivity contribution in [1.29, 1.82) is 0 Å². The average Bonchev–Trinajstić information content (AvgIpc) is 3.12. The largest absolute Gasteiger partial charge is 0.494 e. The van der Waals surface area contributed by atoms with Gasteiger partial charge in [-0.2, -0.15) is 0 Å². The van der Waals surface area contributed by atoms with Gasteiger partial charge in [-0.3, -0.25) is 10.1 Å². The lowest BCUT2D eigenvalue weighted by Gasteiger charge is -2.38. The molecule has 134 valence electrons. The lowest BCUT2D eigenvalue weighted by molar-refractivity contribution is -0.385. The predicted octanol–water partition coefficient (Wildman–Crippen LogP) is 5.74. The van der Waals surface area contributed by atoms with Crippen LogP contribution in [0, 0.1) is 16.0 Å². The molecule has 0 bridgehead atoms. The van der Waals surface area contributed by atoms with E-state index in [0.717, 1.165) is 23.2 Å². The highest BCUT2D eigenvalue weighted by Crippen LogP contribution is 2.54. The van der Waals surface area contributed by atoms with Crippen LogP contribution >= 0.6 is 23.2 Å². The average molecular weight is 391 g/mol. The fourth-order valence-electron chi connectivity index (χ4n) is 3.99. The summed E-state index contributed by atoms with van der Waals surface area (Å²) in [7, 11) is 1.51. The molecular formula is C19H16Cl2N2O3. The fraction of sp³-hybridized carbons (Fsp3) is 0.263. The van der Waals surface area contributed by atoms with Crippen LogP contribution < -0.4 is 10.1 Å². The molecule has 7 heteroatoms. The molecule has 3 atom stereocenters. The molecule has 1 aliphatic heterocycles. The third-order valence-corrected chi connectivity index (χ3v) is 6.00. The maximum Gasteiger partial charge on any atom is 0.273 e. The van der Waals surface area contributed by atoms with E-state index in [1.807, 2.05) is 12.1 Å². The molecule has 2 aromatic rings. The standard InChI is InChI=1S/C19H16Cl2N2O3/c1-26-16-9-10(23(24)25)8-14-11-4-2-5-12(11)18(22-19(14)16)13-6-3-7-15(20)17(13)21/h2-4,6-9,11-12,18,22H,5H2,1H3/t11-,12-,18-/m1/s1. The van der Waals surface area contributed by atoms with Crippen molar-refractivity contribution in [1.82, 2.24) is 0 Å². The van der Waals surface area contributed by atoms with E-state index in [2.05, 4.69) is 17.5 Å². The summed E-state index contributed by atoms with van der Waals surface area (Å²) in [5.41, 5.74) is 2.60. The number of ether oxygens (including phenoxy) is 1. The van der Waals surface area contributed by atoms with E-state index < -0.39 is 4.92 Å². The van der Waals surface area contributed by atoms with Gasteiger partial charge >= 0.3 is 0 Å². The third-order valence-electron chi connectivity index (χ3n) is 5.16. The number of rotatable bonds is 3. The number of non-ortho nitro benzene ring substituents is 1. The summed E-state index contributed by atoms with van der Waals surface area (Å²) < 4.78 is 5.44. The van der Waals surface area contributed by atoms with Crippen LogP contribution in [0.3, 0.4) is 0 Å². The normalized spacial score (nSPS) is 23.1. The minimum Gasteiger partial charge on any atom is -0.494 e. The second-order valence-electron chi connectivity index (χ2n) is 6.49. The predicted molar refractivity (Wildman–Crippen MR) is 102 cm³/mol. The maximum atomic E-state index is 11.3. The van der Waals surface area contributed by atoms with Gasteiger partial charge in [0.1, 0.15) is 5.75 Å². The molecule has 5 nitrogen and oxygen atoms in total. The Kier molecular flexibility index (Phi) is 4.29. The molecule has 0 saturated carbocycles. The summed E-state index contributed by atoms with van der Waals surface area (Å²) in [4.78, 5) is 10.9. The zero-order valence-corrected chi connectivity index (χ0v) is 15.4. The zero-order valence-electron chi connectivity index (χ0n) is 13.9. The minimum atomic E-state index is -0.392. The Labute approximate surface area is 160 Å². The number of benzene rings is 2. The van der Waals surface area contributed by atoms with Crippen molar-refractivity contribution in [2.75, 3.05) is 12.4 Å². The zero-order chi connectivity index (χ0) is 18.4. The molecule has 1 aliphatic carbocycles. The lowest BCUT2D eigenvalue weighted by Crippen LogP contribution is -2.29. The summed E-state index contributed by atoms with van der Waals surface area (Å²) in [6.45, 7) is 0. The Balaban J connectivity index is 1.88. The molecule has 0 amide bonds. The van der Waals surface area contributed by atoms with Gasteiger partial charge in [0.25, 0.3) is 5.69 Å². The number of nitrogens with zero attached hydrogens (tertiary/aromatic N) is 1. The first kappa shape index (κ1) is 17.2. The summed E-state index contributed by atoms with van der Waals surface area (Å²) in [6.07, 6.45) is 5.08. The first-order valence-corrected chi connectivity index (χ1v) is 9.00. The molecule has 1 heterocycles. The van der Waals surface area contributed by atoms with Crippen molar-refractivity contribution >= 4 is 34.6 Å². The van der Waals surface area contributed by atoms with Crippen molar-refractivity contribution in [3.05, 3.63) is 73.8 Å². The number of hydrogen-bond donors (Lipinski definition) is 1. The van der Waals surface area contributed by atoms with Crippen molar-refractivity contribution in [3.63, 3.8) is 0 Å². The monoisotopic (exact) mass is 390 g/mol. The first-order valence-electron chi connectivity index (χ1n) is 8.24. The van der Waals surface area contributed by atoms with E-state index in [-0.39, 0.29) is 23.6 Å². The van der Waals surface area contributed by atoms with Crippen LogP contribution in [0.15, 0.2) is 42.5 Å². The number of hydrogen-bond acceptors (Lipinski definition) is 4. The van der Waals surface area contributed by atoms with Gasteiger partial charge in [-0.15, -0.1) is 0 Å². The van der Waals surface area contributed by atoms with Gasteiger partial charge in [0.2, 0.25) is 0 Å². The minimum absolute atomic E-state index is 0.0284. The Bertz CT molecular complexity index is 929. The van der Waals surface area contributed by atoms with E-state index in [1.54, 1.807) is 12.1 Å². The van der Waals surface area contributed by atoms with Gasteiger partial charge in [0.05, 0.1) is 39.9 Å². The number of halogens is 2. The quantitative estimate of drug-likeness (QED) is 0.412. The smallest absolute Gasteiger partial charge is 0.273 e. The molecule has 0 saturated heterocycles. The summed E-state index contributed by atoms with van der Waals surface area (Å²) in [5.74, 6) is 0.710. The van der Waals surface area contributed by atoms with Gasteiger partial charge in [-0.25, -0.2) is 0 Å². The second kappa shape index (κ2) is 6.49. The van der Waals surface area contributed by atoms with E-state index in [4.69, 9.17) is 27.9 Å². The Hall–Kier alpha value is -2.24. The van der Waals surface area contributed by atoms with Crippen molar-refractivity contribution in [3.8, 4) is 5.75 Å². The van der Waals surface area contributed by atoms with Crippen LogP contribution in [0.1, 0.15) is 29.5 Å². The number of fused-ring (bicyclic) bond motifs is 3. The van der Waals surface area contributed by atoms with Gasteiger partial charge in [-0.1, -0.05) is 47.5 Å². The van der Waals surface area contributed by atoms with Gasteiger partial charge in [-0.05, 0) is 29.5 Å². The SMILES string of the molecule is COc1cc([N+](=O)[O-])cc2c1N[C@@H](c1cccc(Cl)c1Cl)[C@@H]1CC=C[C@@H]21. The van der Waals surface area contributed by atoms with E-state index in [0.29, 0.717) is 15.8 Å². The highest BCUT2D eigenvalue weighted by atomic mass is 35.5. The third kappa shape index (κ3) is 2.63. The fourth-order valence-corrected chi connectivity index (χ4v) is 4.41. The Morgan fingerprint density at radius 3 is 2.81 bits per heavy atom. The summed E-state index contributed by atoms with van der Waals surface area (Å²) in [6, 6.07) is 8.62. The van der Waals surface area contributed by atoms with Crippen LogP contribution in [0.2, 0.25) is 10.0 Å². The number of nitro groups is 1. The summed E-state index contributed by atoms with van der Waals surface area (Å²) >= 11 is 12.7. The van der Waals surface area contributed by atoms with Gasteiger partial charge in [0, 0.05) is 12.0 Å². The molecule has 4 rings (SSSR count). The Morgan fingerprint density at radius 1 is 1.27 bits per heavy atom. The number of nitrogens with one attached hydrogen (secondary N) is 1. The highest BCUT2D eigenvalue weighted by Gasteiger charge is 2.41. The highest BCUT2D eigenvalue weighted by molar-refractivity contribution is 6.42. The van der Waals surface area contributed by atoms with Gasteiger partial charge in [0.15, 0.2) is 0 Å². The second-order valence-corrected chi connectivity index (χ2v) is 7.27. The van der Waals surface area contributed by atoms with Crippen LogP contribution in [-0.2, 0) is 0 Å². The molecule has 0 aromatic heterocycles. The van der Waals surface area contributed by atoms with Gasteiger partial charge < -0.3 is 10.1 Å². The van der Waals surface area contributed by atoms with Crippen LogP contribution in [0.4, 0.5) is 11.4 Å². The molecule has 2 aliphatic rings. The van der Waals surface area contributed by atoms with E-state index in [9.17, 15) is 10.1 Å². The number of methoxy groups -OCH3 is 1. The molecule has 0 spiro atoms. The maximum absolute atomic E-state index is 11.3. The van der Waals surface area contributed by atoms with E-state index >= 15 is 0 Å². The number of anilines is 1. The first-order chi connectivity index (χ1) is 12.5. The molecular weight excluding hydrogens is 375 g/mol. The molecule has 1 N–H and O–H groups in total. The van der Waals surface area contributed by atoms with Crippen LogP contribution in [-0.4, -0.2) is 12.0 Å².